The molecule has 28 heavy (non-hydrogen) atoms. The normalized spacial score (nSPS) is 25.2. The Kier molecular flexibility index (Phi) is 6.01. The number of hydrogen-bond donors (Lipinski definition) is 2. The van der Waals surface area contributed by atoms with Gasteiger partial charge in [0.1, 0.15) is 6.29 Å². The molecule has 3 atom stereocenters. The van der Waals surface area contributed by atoms with Crippen LogP contribution in [0.1, 0.15) is 37.3 Å². The molecule has 3 rings (SSSR count). The number of carbonyl (C=O) groups excluding carboxylic acids is 2. The Hall–Kier alpha value is -2.04. The van der Waals surface area contributed by atoms with Crippen molar-refractivity contribution in [2.75, 3.05) is 12.3 Å². The highest BCUT2D eigenvalue weighted by Gasteiger charge is 2.51. The summed E-state index contributed by atoms with van der Waals surface area (Å²) >= 11 is 12.4. The highest BCUT2D eigenvalue weighted by Crippen LogP contribution is 2.50. The van der Waals surface area contributed by atoms with Gasteiger partial charge in [-0.3, -0.25) is 4.79 Å². The van der Waals surface area contributed by atoms with Gasteiger partial charge in [-0.25, -0.2) is 0 Å². The highest BCUT2D eigenvalue weighted by molar-refractivity contribution is 6.31. The second-order valence-electron chi connectivity index (χ2n) is 7.75. The lowest BCUT2D eigenvalue weighted by molar-refractivity contribution is -0.122. The van der Waals surface area contributed by atoms with E-state index in [0.29, 0.717) is 27.8 Å². The molecule has 2 aromatic rings. The summed E-state index contributed by atoms with van der Waals surface area (Å²) in [6.07, 6.45) is 1.22. The third kappa shape index (κ3) is 3.63. The van der Waals surface area contributed by atoms with E-state index in [2.05, 4.69) is 5.32 Å². The minimum Gasteiger partial charge on any atom is -0.398 e. The van der Waals surface area contributed by atoms with E-state index >= 15 is 0 Å². The van der Waals surface area contributed by atoms with Crippen LogP contribution in [0.3, 0.4) is 0 Å². The molecule has 4 nitrogen and oxygen atoms in total. The standard InChI is InChI=1S/C22H24Cl2N2O2/c1-13(2)18-10-21(28)26-11-19(14-4-3-5-15(23)8-14)22(18,12-27)17-7-6-16(24)9-20(17)25/h3-9,12-13,18-19H,10-11,25H2,1-2H3,(H,26,28)/t18-,19+,22+/m1/s1. The zero-order valence-corrected chi connectivity index (χ0v) is 17.4. The van der Waals surface area contributed by atoms with E-state index in [1.807, 2.05) is 38.1 Å². The molecular formula is C22H24Cl2N2O2. The molecule has 1 aliphatic rings. The van der Waals surface area contributed by atoms with Gasteiger partial charge in [-0.05, 0) is 47.2 Å². The summed E-state index contributed by atoms with van der Waals surface area (Å²) in [6.45, 7) is 4.38. The number of anilines is 1. The van der Waals surface area contributed by atoms with Crippen LogP contribution in [0, 0.1) is 11.8 Å². The van der Waals surface area contributed by atoms with Crippen molar-refractivity contribution in [2.24, 2.45) is 11.8 Å². The molecule has 0 saturated carbocycles. The number of carbonyl (C=O) groups is 2. The molecule has 6 heteroatoms. The Labute approximate surface area is 175 Å². The Morgan fingerprint density at radius 2 is 1.89 bits per heavy atom. The molecule has 3 N–H and O–H groups in total. The predicted molar refractivity (Wildman–Crippen MR) is 114 cm³/mol. The van der Waals surface area contributed by atoms with Crippen LogP contribution < -0.4 is 11.1 Å². The monoisotopic (exact) mass is 418 g/mol. The van der Waals surface area contributed by atoms with Crippen molar-refractivity contribution in [3.63, 3.8) is 0 Å². The van der Waals surface area contributed by atoms with E-state index in [-0.39, 0.29) is 30.1 Å². The molecular weight excluding hydrogens is 395 g/mol. The zero-order valence-electron chi connectivity index (χ0n) is 15.9. The highest BCUT2D eigenvalue weighted by atomic mass is 35.5. The summed E-state index contributed by atoms with van der Waals surface area (Å²) < 4.78 is 0. The molecule has 1 amide bonds. The maximum atomic E-state index is 12.9. The van der Waals surface area contributed by atoms with E-state index in [1.54, 1.807) is 18.2 Å². The minimum absolute atomic E-state index is 0.0676. The summed E-state index contributed by atoms with van der Waals surface area (Å²) in [5.74, 6) is -0.543. The van der Waals surface area contributed by atoms with Crippen LogP contribution >= 0.6 is 23.2 Å². The number of nitrogens with one attached hydrogen (secondary N) is 1. The van der Waals surface area contributed by atoms with E-state index in [1.165, 1.54) is 0 Å². The van der Waals surface area contributed by atoms with Crippen molar-refractivity contribution in [1.82, 2.24) is 5.32 Å². The van der Waals surface area contributed by atoms with Gasteiger partial charge in [0.2, 0.25) is 5.91 Å². The summed E-state index contributed by atoms with van der Waals surface area (Å²) in [7, 11) is 0. The number of nitrogens with two attached hydrogens (primary N) is 1. The van der Waals surface area contributed by atoms with Gasteiger partial charge in [0, 0.05) is 34.6 Å². The number of benzene rings is 2. The van der Waals surface area contributed by atoms with Crippen molar-refractivity contribution in [2.45, 2.75) is 31.6 Å². The number of rotatable bonds is 4. The van der Waals surface area contributed by atoms with E-state index < -0.39 is 5.41 Å². The van der Waals surface area contributed by atoms with Crippen LogP contribution in [0.25, 0.3) is 0 Å². The number of nitrogen functional groups attached to an aromatic ring is 1. The first-order chi connectivity index (χ1) is 13.3. The van der Waals surface area contributed by atoms with Gasteiger partial charge in [-0.1, -0.05) is 55.2 Å². The summed E-state index contributed by atoms with van der Waals surface area (Å²) in [6, 6.07) is 12.7. The Morgan fingerprint density at radius 1 is 1.18 bits per heavy atom. The molecule has 0 radical (unpaired) electrons. The third-order valence-corrected chi connectivity index (χ3v) is 6.30. The number of halogens is 2. The first-order valence-corrected chi connectivity index (χ1v) is 10.1. The molecule has 0 aliphatic carbocycles. The van der Waals surface area contributed by atoms with Crippen molar-refractivity contribution >= 4 is 41.1 Å². The van der Waals surface area contributed by atoms with Crippen molar-refractivity contribution < 1.29 is 9.59 Å². The van der Waals surface area contributed by atoms with E-state index in [4.69, 9.17) is 28.9 Å². The van der Waals surface area contributed by atoms with Crippen LogP contribution in [0.15, 0.2) is 42.5 Å². The molecule has 1 aliphatic heterocycles. The van der Waals surface area contributed by atoms with Crippen molar-refractivity contribution in [3.05, 3.63) is 63.6 Å². The fourth-order valence-corrected chi connectivity index (χ4v) is 4.92. The average Bonchev–Trinajstić information content (AvgIpc) is 2.79. The topological polar surface area (TPSA) is 72.2 Å². The lowest BCUT2D eigenvalue weighted by Crippen LogP contribution is -2.46. The zero-order chi connectivity index (χ0) is 20.5. The molecule has 2 aromatic carbocycles. The van der Waals surface area contributed by atoms with Crippen molar-refractivity contribution in [1.29, 1.82) is 0 Å². The van der Waals surface area contributed by atoms with Gasteiger partial charge >= 0.3 is 0 Å². The fraction of sp³-hybridized carbons (Fsp3) is 0.364. The van der Waals surface area contributed by atoms with Crippen LogP contribution in [0.4, 0.5) is 5.69 Å². The van der Waals surface area contributed by atoms with Crippen LogP contribution in [0.5, 0.6) is 0 Å². The largest absolute Gasteiger partial charge is 0.398 e. The summed E-state index contributed by atoms with van der Waals surface area (Å²) in [5.41, 5.74) is 7.41. The molecule has 0 bridgehead atoms. The number of amides is 1. The molecule has 0 spiro atoms. The van der Waals surface area contributed by atoms with E-state index in [0.717, 1.165) is 11.8 Å². The average molecular weight is 419 g/mol. The Bertz CT molecular complexity index is 900. The Morgan fingerprint density at radius 3 is 2.50 bits per heavy atom. The molecule has 0 unspecified atom stereocenters. The molecule has 1 heterocycles. The van der Waals surface area contributed by atoms with Gasteiger partial charge in [-0.2, -0.15) is 0 Å². The predicted octanol–water partition coefficient (Wildman–Crippen LogP) is 4.59. The quantitative estimate of drug-likeness (QED) is 0.563. The maximum absolute atomic E-state index is 12.9. The van der Waals surface area contributed by atoms with Gasteiger partial charge in [0.25, 0.3) is 0 Å². The van der Waals surface area contributed by atoms with Gasteiger partial charge < -0.3 is 15.8 Å². The van der Waals surface area contributed by atoms with Gasteiger partial charge in [0.15, 0.2) is 0 Å². The van der Waals surface area contributed by atoms with Crippen LogP contribution in [0.2, 0.25) is 10.0 Å². The van der Waals surface area contributed by atoms with Gasteiger partial charge in [-0.15, -0.1) is 0 Å². The lowest BCUT2D eigenvalue weighted by atomic mass is 9.58. The number of aldehydes is 1. The fourth-order valence-electron chi connectivity index (χ4n) is 4.54. The smallest absolute Gasteiger partial charge is 0.220 e. The van der Waals surface area contributed by atoms with Crippen LogP contribution in [-0.2, 0) is 15.0 Å². The molecule has 0 aromatic heterocycles. The summed E-state index contributed by atoms with van der Waals surface area (Å²) in [5, 5.41) is 4.07. The summed E-state index contributed by atoms with van der Waals surface area (Å²) in [4.78, 5) is 25.4. The third-order valence-electron chi connectivity index (χ3n) is 5.83. The molecule has 1 saturated heterocycles. The first kappa shape index (κ1) is 20.7. The second-order valence-corrected chi connectivity index (χ2v) is 8.62. The number of hydrogen-bond acceptors (Lipinski definition) is 3. The maximum Gasteiger partial charge on any atom is 0.220 e. The van der Waals surface area contributed by atoms with Crippen LogP contribution in [-0.4, -0.2) is 18.7 Å². The molecule has 148 valence electrons. The minimum atomic E-state index is -0.993. The lowest BCUT2D eigenvalue weighted by Gasteiger charge is -2.43. The first-order valence-electron chi connectivity index (χ1n) is 9.33. The van der Waals surface area contributed by atoms with E-state index in [9.17, 15) is 9.59 Å². The van der Waals surface area contributed by atoms with Crippen molar-refractivity contribution in [3.8, 4) is 0 Å². The Balaban J connectivity index is 2.33. The molecule has 1 fully saturated rings. The van der Waals surface area contributed by atoms with Gasteiger partial charge in [0.05, 0.1) is 5.41 Å². The second kappa shape index (κ2) is 8.14. The SMILES string of the molecule is CC(C)[C@H]1CC(=O)NC[C@@H](c2cccc(Cl)c2)[C@@]1(C=O)c1ccc(Cl)cc1N.